The number of thiazole rings is 1. The first-order chi connectivity index (χ1) is 10.2. The minimum atomic E-state index is -0.198. The Labute approximate surface area is 127 Å². The van der Waals surface area contributed by atoms with Crippen molar-refractivity contribution in [2.45, 2.75) is 13.5 Å². The fourth-order valence-corrected chi connectivity index (χ4v) is 2.77. The molecule has 0 saturated heterocycles. The van der Waals surface area contributed by atoms with Crippen LogP contribution in [0.5, 0.6) is 0 Å². The van der Waals surface area contributed by atoms with E-state index in [1.54, 1.807) is 29.7 Å². The molecule has 0 radical (unpaired) electrons. The summed E-state index contributed by atoms with van der Waals surface area (Å²) in [4.78, 5) is 4.29. The summed E-state index contributed by atoms with van der Waals surface area (Å²) < 4.78 is 13.2. The van der Waals surface area contributed by atoms with Crippen molar-refractivity contribution in [2.24, 2.45) is 0 Å². The second-order valence-corrected chi connectivity index (χ2v) is 5.73. The molecule has 1 N–H and O–H groups in total. The molecule has 2 nitrogen and oxygen atoms in total. The number of nitrogens with one attached hydrogen (secondary N) is 1. The smallest absolute Gasteiger partial charge is 0.123 e. The van der Waals surface area contributed by atoms with Crippen molar-refractivity contribution in [3.63, 3.8) is 0 Å². The fraction of sp³-hybridized carbons (Fsp3) is 0.118. The van der Waals surface area contributed by atoms with E-state index < -0.39 is 0 Å². The second-order valence-electron chi connectivity index (χ2n) is 4.84. The summed E-state index contributed by atoms with van der Waals surface area (Å²) in [5, 5.41) is 6.30. The van der Waals surface area contributed by atoms with E-state index in [4.69, 9.17) is 0 Å². The van der Waals surface area contributed by atoms with Gasteiger partial charge >= 0.3 is 0 Å². The first-order valence-electron chi connectivity index (χ1n) is 6.71. The molecule has 0 spiro atoms. The highest BCUT2D eigenvalue weighted by atomic mass is 32.1. The third-order valence-corrected chi connectivity index (χ3v) is 4.18. The summed E-state index contributed by atoms with van der Waals surface area (Å²) in [6.45, 7) is 2.60. The van der Waals surface area contributed by atoms with Crippen LogP contribution >= 0.6 is 11.3 Å². The minimum absolute atomic E-state index is 0.198. The van der Waals surface area contributed by atoms with Gasteiger partial charge in [0.2, 0.25) is 0 Å². The van der Waals surface area contributed by atoms with Gasteiger partial charge in [-0.15, -0.1) is 11.3 Å². The number of hydrogen-bond donors (Lipinski definition) is 1. The van der Waals surface area contributed by atoms with Crippen LogP contribution in [-0.2, 0) is 6.54 Å². The predicted octanol–water partition coefficient (Wildman–Crippen LogP) is 4.87. The third kappa shape index (κ3) is 3.28. The maximum absolute atomic E-state index is 13.2. The number of benzene rings is 2. The Morgan fingerprint density at radius 3 is 2.67 bits per heavy atom. The fourth-order valence-electron chi connectivity index (χ4n) is 2.12. The molecule has 0 fully saturated rings. The monoisotopic (exact) mass is 298 g/mol. The molecule has 0 aliphatic rings. The Bertz CT molecular complexity index is 721. The Morgan fingerprint density at radius 2 is 1.95 bits per heavy atom. The van der Waals surface area contributed by atoms with Crippen LogP contribution in [0.1, 0.15) is 11.1 Å². The van der Waals surface area contributed by atoms with E-state index in [0.29, 0.717) is 6.54 Å². The van der Waals surface area contributed by atoms with Crippen molar-refractivity contribution >= 4 is 17.0 Å². The molecule has 106 valence electrons. The van der Waals surface area contributed by atoms with Crippen LogP contribution in [0.15, 0.2) is 54.0 Å². The zero-order valence-electron chi connectivity index (χ0n) is 11.6. The quantitative estimate of drug-likeness (QED) is 0.743. The highest BCUT2D eigenvalue weighted by molar-refractivity contribution is 7.13. The van der Waals surface area contributed by atoms with Crippen molar-refractivity contribution in [3.05, 3.63) is 71.0 Å². The van der Waals surface area contributed by atoms with Crippen molar-refractivity contribution in [1.29, 1.82) is 0 Å². The van der Waals surface area contributed by atoms with Gasteiger partial charge in [0.15, 0.2) is 0 Å². The van der Waals surface area contributed by atoms with Gasteiger partial charge in [0.25, 0.3) is 0 Å². The van der Waals surface area contributed by atoms with Crippen molar-refractivity contribution in [1.82, 2.24) is 4.98 Å². The van der Waals surface area contributed by atoms with Gasteiger partial charge in [0.1, 0.15) is 10.8 Å². The third-order valence-electron chi connectivity index (χ3n) is 3.36. The highest BCUT2D eigenvalue weighted by Crippen LogP contribution is 2.23. The molecule has 4 heteroatoms. The van der Waals surface area contributed by atoms with E-state index in [0.717, 1.165) is 27.4 Å². The molecule has 0 unspecified atom stereocenters. The molecule has 3 rings (SSSR count). The molecule has 21 heavy (non-hydrogen) atoms. The summed E-state index contributed by atoms with van der Waals surface area (Å²) in [5.74, 6) is -0.198. The number of rotatable bonds is 4. The van der Waals surface area contributed by atoms with Crippen LogP contribution in [0, 0.1) is 12.7 Å². The average Bonchev–Trinajstić information content (AvgIpc) is 3.03. The number of aromatic nitrogens is 1. The summed E-state index contributed by atoms with van der Waals surface area (Å²) in [7, 11) is 0. The molecule has 0 saturated carbocycles. The van der Waals surface area contributed by atoms with Gasteiger partial charge in [0.05, 0.1) is 0 Å². The van der Waals surface area contributed by atoms with E-state index >= 15 is 0 Å². The molecule has 1 aromatic heterocycles. The Morgan fingerprint density at radius 1 is 1.14 bits per heavy atom. The van der Waals surface area contributed by atoms with Crippen molar-refractivity contribution in [2.75, 3.05) is 5.32 Å². The van der Waals surface area contributed by atoms with E-state index in [9.17, 15) is 4.39 Å². The van der Waals surface area contributed by atoms with Gasteiger partial charge in [-0.3, -0.25) is 0 Å². The van der Waals surface area contributed by atoms with Crippen molar-refractivity contribution < 1.29 is 4.39 Å². The van der Waals surface area contributed by atoms with Gasteiger partial charge in [-0.2, -0.15) is 0 Å². The van der Waals surface area contributed by atoms with Crippen molar-refractivity contribution in [3.8, 4) is 10.6 Å². The van der Waals surface area contributed by atoms with Gasteiger partial charge in [-0.25, -0.2) is 9.37 Å². The second kappa shape index (κ2) is 6.06. The predicted molar refractivity (Wildman–Crippen MR) is 86.0 cm³/mol. The maximum Gasteiger partial charge on any atom is 0.123 e. The van der Waals surface area contributed by atoms with E-state index in [1.165, 1.54) is 6.07 Å². The first kappa shape index (κ1) is 13.8. The van der Waals surface area contributed by atoms with Crippen LogP contribution in [0.4, 0.5) is 10.1 Å². The molecule has 2 aromatic carbocycles. The molecule has 0 atom stereocenters. The van der Waals surface area contributed by atoms with Gasteiger partial charge in [-0.1, -0.05) is 6.07 Å². The van der Waals surface area contributed by atoms with Gasteiger partial charge < -0.3 is 5.32 Å². The summed E-state index contributed by atoms with van der Waals surface area (Å²) in [6.07, 6.45) is 1.80. The maximum atomic E-state index is 13.2. The lowest BCUT2D eigenvalue weighted by Crippen LogP contribution is -2.01. The topological polar surface area (TPSA) is 24.9 Å². The summed E-state index contributed by atoms with van der Waals surface area (Å²) in [5.41, 5.74) is 4.18. The average molecular weight is 298 g/mol. The normalized spacial score (nSPS) is 10.6. The SMILES string of the molecule is Cc1ccc(F)cc1CNc1ccc(-c2nccs2)cc1. The van der Waals surface area contributed by atoms with E-state index in [1.807, 2.05) is 36.6 Å². The molecule has 1 heterocycles. The summed E-state index contributed by atoms with van der Waals surface area (Å²) in [6, 6.07) is 13.0. The molecule has 3 aromatic rings. The number of aryl methyl sites for hydroxylation is 1. The molecular formula is C17H15FN2S. The first-order valence-corrected chi connectivity index (χ1v) is 7.59. The summed E-state index contributed by atoms with van der Waals surface area (Å²) >= 11 is 1.62. The lowest BCUT2D eigenvalue weighted by atomic mass is 10.1. The Kier molecular flexibility index (Phi) is 3.97. The van der Waals surface area contributed by atoms with Gasteiger partial charge in [0, 0.05) is 29.4 Å². The number of halogens is 1. The van der Waals surface area contributed by atoms with Crippen LogP contribution < -0.4 is 5.32 Å². The van der Waals surface area contributed by atoms with E-state index in [2.05, 4.69) is 10.3 Å². The molecular weight excluding hydrogens is 283 g/mol. The van der Waals surface area contributed by atoms with Gasteiger partial charge in [-0.05, 0) is 54.4 Å². The van der Waals surface area contributed by atoms with Crippen LogP contribution in [-0.4, -0.2) is 4.98 Å². The molecule has 0 aliphatic carbocycles. The van der Waals surface area contributed by atoms with Crippen LogP contribution in [0.3, 0.4) is 0 Å². The molecule has 0 bridgehead atoms. The minimum Gasteiger partial charge on any atom is -0.381 e. The molecule has 0 aliphatic heterocycles. The van der Waals surface area contributed by atoms with Crippen LogP contribution in [0.25, 0.3) is 10.6 Å². The number of anilines is 1. The Hall–Kier alpha value is -2.20. The number of nitrogens with zero attached hydrogens (tertiary/aromatic N) is 1. The zero-order valence-corrected chi connectivity index (χ0v) is 12.5. The largest absolute Gasteiger partial charge is 0.381 e. The standard InChI is InChI=1S/C17H15FN2S/c1-12-2-5-15(18)10-14(12)11-20-16-6-3-13(4-7-16)17-19-8-9-21-17/h2-10,20H,11H2,1H3. The number of hydrogen-bond acceptors (Lipinski definition) is 3. The van der Waals surface area contributed by atoms with E-state index in [-0.39, 0.29) is 5.82 Å². The van der Waals surface area contributed by atoms with Crippen LogP contribution in [0.2, 0.25) is 0 Å². The highest BCUT2D eigenvalue weighted by Gasteiger charge is 2.02. The molecule has 0 amide bonds. The zero-order chi connectivity index (χ0) is 14.7. The lowest BCUT2D eigenvalue weighted by Gasteiger charge is -2.09. The lowest BCUT2D eigenvalue weighted by molar-refractivity contribution is 0.625. The Balaban J connectivity index is 1.70.